The van der Waals surface area contributed by atoms with E-state index in [4.69, 9.17) is 22.1 Å². The van der Waals surface area contributed by atoms with Crippen molar-refractivity contribution in [3.05, 3.63) is 87.3 Å². The molecule has 0 aliphatic heterocycles. The number of halogens is 11. The summed E-state index contributed by atoms with van der Waals surface area (Å²) in [5.74, 6) is -4.01. The van der Waals surface area contributed by atoms with Crippen LogP contribution in [-0.2, 0) is 38.1 Å². The van der Waals surface area contributed by atoms with Crippen LogP contribution in [0.2, 0.25) is 5.02 Å². The number of rotatable bonds is 13. The quantitative estimate of drug-likeness (QED) is 0.0662. The van der Waals surface area contributed by atoms with Crippen molar-refractivity contribution in [3.8, 4) is 23.0 Å². The van der Waals surface area contributed by atoms with Crippen LogP contribution >= 0.6 is 23.5 Å². The lowest BCUT2D eigenvalue weighted by molar-refractivity contribution is -0.145. The molecule has 0 spiro atoms. The number of nitrogens with one attached hydrogen (secondary N) is 1. The zero-order valence-corrected chi connectivity index (χ0v) is 40.4. The van der Waals surface area contributed by atoms with Gasteiger partial charge in [-0.1, -0.05) is 37.4 Å². The van der Waals surface area contributed by atoms with Gasteiger partial charge in [0.05, 0.1) is 27.7 Å². The number of alkyl halides is 8. The number of nitrogens with two attached hydrogens (primary N) is 1. The number of nitrogens with zero attached hydrogens (tertiary/aromatic N) is 5. The second kappa shape index (κ2) is 22.5. The molecule has 26 heteroatoms. The van der Waals surface area contributed by atoms with Crippen LogP contribution in [0.3, 0.4) is 0 Å². The van der Waals surface area contributed by atoms with E-state index in [1.54, 1.807) is 0 Å². The molecule has 13 nitrogen and oxygen atoms in total. The second-order valence-electron chi connectivity index (χ2n) is 15.5. The van der Waals surface area contributed by atoms with Gasteiger partial charge in [0, 0.05) is 52.5 Å². The number of anilines is 1. The van der Waals surface area contributed by atoms with E-state index in [2.05, 4.69) is 32.2 Å². The standard InChI is InChI=1S/C42H38ClF10N7O6S2.C2H6/c1-20(37(62)63)66-38(64)60(67-4)36-31-28(43)9-8-26(33(31)59(58-36)19-41(48,49)50)25-7-6-24(10-12-39(2,3)68(5)65)56-32(25)29(16-21-14-22(44)17-23(45)15-21)57-30(61)18-55-35-27(11-13-40(35,46)47)34(54)42(51,52)53;1-2/h6-9,14-15,17,20,29H,11,13,16,18-19,54H2,1-5H3,(H,57,61)(H,62,63);1-2H3/b34-27-,55-35?;. The highest BCUT2D eigenvalue weighted by Crippen LogP contribution is 2.44. The molecule has 3 unspecified atom stereocenters. The fourth-order valence-corrected chi connectivity index (χ4v) is 7.61. The van der Waals surface area contributed by atoms with E-state index >= 15 is 0 Å². The Labute approximate surface area is 405 Å². The molecule has 1 aliphatic rings. The monoisotopic (exact) mass is 1060 g/mol. The lowest BCUT2D eigenvalue weighted by Gasteiger charge is -2.23. The minimum atomic E-state index is -5.24. The van der Waals surface area contributed by atoms with Crippen LogP contribution in [0.5, 0.6) is 0 Å². The number of carbonyl (C=O) groups is 3. The Morgan fingerprint density at radius 3 is 2.24 bits per heavy atom. The largest absolute Gasteiger partial charge is 0.479 e. The molecule has 1 saturated carbocycles. The van der Waals surface area contributed by atoms with Gasteiger partial charge in [-0.2, -0.15) is 44.5 Å². The van der Waals surface area contributed by atoms with Gasteiger partial charge >= 0.3 is 24.4 Å². The molecule has 2 aromatic heterocycles. The molecular weight excluding hydrogens is 1010 g/mol. The first-order valence-corrected chi connectivity index (χ1v) is 23.7. The SMILES string of the molecule is CC.CSN(C(=O)OC(C)C(=O)O)c1nn(CC(F)(F)F)c2c(-c3ccc(C#CC(C)(C)S(C)=O)nc3C(Cc3cc(F)cc(F)c3)NC(=O)CN=C3/C(=C(\N)C(F)(F)F)CCC3(F)F)ccc(Cl)c12. The third-order valence-corrected chi connectivity index (χ3v) is 12.6. The van der Waals surface area contributed by atoms with Gasteiger partial charge in [-0.25, -0.2) is 23.4 Å². The average molecular weight is 1060 g/mol. The minimum absolute atomic E-state index is 0.131. The summed E-state index contributed by atoms with van der Waals surface area (Å²) in [7, 11) is -1.55. The Balaban J connectivity index is 0.00000526. The molecule has 1 aliphatic carbocycles. The van der Waals surface area contributed by atoms with Gasteiger partial charge in [-0.3, -0.25) is 18.7 Å². The van der Waals surface area contributed by atoms with Gasteiger partial charge in [-0.15, -0.1) is 0 Å². The number of carbonyl (C=O) groups excluding carboxylic acids is 2. The first-order chi connectivity index (χ1) is 32.4. The van der Waals surface area contributed by atoms with E-state index < -0.39 is 136 Å². The Hall–Kier alpha value is -5.87. The number of carboxylic acids is 1. The number of amides is 2. The fourth-order valence-electron chi connectivity index (χ4n) is 6.68. The summed E-state index contributed by atoms with van der Waals surface area (Å²) in [6.45, 7) is 4.97. The van der Waals surface area contributed by atoms with E-state index in [9.17, 15) is 67.6 Å². The third kappa shape index (κ3) is 13.7. The van der Waals surface area contributed by atoms with Crippen molar-refractivity contribution in [2.24, 2.45) is 10.7 Å². The van der Waals surface area contributed by atoms with Gasteiger partial charge in [0.1, 0.15) is 46.6 Å². The van der Waals surface area contributed by atoms with Crippen molar-refractivity contribution in [1.82, 2.24) is 20.1 Å². The molecule has 0 radical (unpaired) electrons. The molecule has 4 aromatic rings. The second-order valence-corrected chi connectivity index (χ2v) is 18.5. The number of aliphatic carboxylic acids is 1. The summed E-state index contributed by atoms with van der Waals surface area (Å²) in [6, 6.07) is 5.51. The smallest absolute Gasteiger partial charge is 0.431 e. The lowest BCUT2D eigenvalue weighted by Crippen LogP contribution is -2.34. The van der Waals surface area contributed by atoms with Crippen LogP contribution < -0.4 is 15.4 Å². The Bertz CT molecular complexity index is 2790. The maximum absolute atomic E-state index is 15.0. The predicted molar refractivity (Wildman–Crippen MR) is 245 cm³/mol. The molecule has 2 aromatic carbocycles. The lowest BCUT2D eigenvalue weighted by atomic mass is 9.93. The summed E-state index contributed by atoms with van der Waals surface area (Å²) in [6.07, 6.45) is -13.3. The van der Waals surface area contributed by atoms with E-state index in [1.165, 1.54) is 50.6 Å². The molecule has 380 valence electrons. The molecule has 0 bridgehead atoms. The van der Waals surface area contributed by atoms with Crippen molar-refractivity contribution in [3.63, 3.8) is 0 Å². The number of aliphatic imine (C=N–C) groups is 1. The highest BCUT2D eigenvalue weighted by molar-refractivity contribution is 8.00. The first-order valence-electron chi connectivity index (χ1n) is 20.6. The molecule has 2 amide bonds. The summed E-state index contributed by atoms with van der Waals surface area (Å²) in [4.78, 5) is 46.7. The molecule has 4 N–H and O–H groups in total. The van der Waals surface area contributed by atoms with Crippen LogP contribution in [0.25, 0.3) is 22.0 Å². The Morgan fingerprint density at radius 2 is 1.69 bits per heavy atom. The van der Waals surface area contributed by atoms with Gasteiger partial charge in [-0.05, 0) is 87.4 Å². The molecule has 0 saturated heterocycles. The minimum Gasteiger partial charge on any atom is -0.479 e. The van der Waals surface area contributed by atoms with Crippen molar-refractivity contribution >= 4 is 74.8 Å². The zero-order chi connectivity index (χ0) is 52.8. The van der Waals surface area contributed by atoms with E-state index in [0.717, 1.165) is 19.1 Å². The van der Waals surface area contributed by atoms with Crippen LogP contribution in [0.15, 0.2) is 58.7 Å². The van der Waals surface area contributed by atoms with Crippen molar-refractivity contribution in [2.75, 3.05) is 23.4 Å². The van der Waals surface area contributed by atoms with Gasteiger partial charge in [0.2, 0.25) is 5.91 Å². The van der Waals surface area contributed by atoms with Gasteiger partial charge in [0.25, 0.3) is 5.92 Å². The number of pyridine rings is 1. The van der Waals surface area contributed by atoms with Crippen molar-refractivity contribution < 1.29 is 72.3 Å². The number of fused-ring (bicyclic) bond motifs is 1. The van der Waals surface area contributed by atoms with Crippen LogP contribution in [0.1, 0.15) is 70.5 Å². The number of hydrogen-bond acceptors (Lipinski definition) is 10. The number of carboxylic acid groups (broad SMARTS) is 1. The van der Waals surface area contributed by atoms with Crippen molar-refractivity contribution in [1.29, 1.82) is 0 Å². The number of hydrogen-bond donors (Lipinski definition) is 3. The van der Waals surface area contributed by atoms with Crippen LogP contribution in [0.4, 0.5) is 54.5 Å². The van der Waals surface area contributed by atoms with Crippen LogP contribution in [0, 0.1) is 23.5 Å². The summed E-state index contributed by atoms with van der Waals surface area (Å²) in [5, 5.41) is 15.2. The molecule has 1 fully saturated rings. The number of allylic oxidation sites excluding steroid dienone is 2. The Morgan fingerprint density at radius 1 is 1.07 bits per heavy atom. The number of benzene rings is 2. The van der Waals surface area contributed by atoms with E-state index in [1.807, 2.05) is 13.8 Å². The number of ether oxygens (including phenoxy) is 1. The van der Waals surface area contributed by atoms with Gasteiger partial charge < -0.3 is 20.9 Å². The highest BCUT2D eigenvalue weighted by Gasteiger charge is 2.48. The van der Waals surface area contributed by atoms with Crippen LogP contribution in [-0.4, -0.2) is 95.9 Å². The highest BCUT2D eigenvalue weighted by atomic mass is 35.5. The summed E-state index contributed by atoms with van der Waals surface area (Å²) >= 11 is 7.19. The van der Waals surface area contributed by atoms with E-state index in [0.29, 0.717) is 27.0 Å². The summed E-state index contributed by atoms with van der Waals surface area (Å²) in [5.41, 5.74) is -0.562. The van der Waals surface area contributed by atoms with E-state index in [-0.39, 0.29) is 38.5 Å². The molecular formula is C44H44ClF10N7O6S2. The first kappa shape index (κ1) is 56.7. The molecule has 70 heavy (non-hydrogen) atoms. The normalized spacial score (nSPS) is 16.3. The molecule has 2 heterocycles. The molecule has 3 atom stereocenters. The molecule has 5 rings (SSSR count). The maximum Gasteiger partial charge on any atom is 0.431 e. The van der Waals surface area contributed by atoms with Gasteiger partial charge in [0.15, 0.2) is 11.9 Å². The average Bonchev–Trinajstić information content (AvgIpc) is 3.77. The summed E-state index contributed by atoms with van der Waals surface area (Å²) < 4.78 is 160. The Kier molecular flexibility index (Phi) is 18.2. The number of aromatic nitrogens is 3. The maximum atomic E-state index is 15.0. The topological polar surface area (TPSA) is 182 Å². The zero-order valence-electron chi connectivity index (χ0n) is 38.0. The third-order valence-electron chi connectivity index (χ3n) is 10.1. The van der Waals surface area contributed by atoms with Crippen molar-refractivity contribution in [2.45, 2.75) is 95.6 Å². The fraction of sp³-hybridized carbons (Fsp3) is 0.409. The predicted octanol–water partition coefficient (Wildman–Crippen LogP) is 9.87.